The van der Waals surface area contributed by atoms with Crippen LogP contribution in [-0.2, 0) is 4.74 Å². The van der Waals surface area contributed by atoms with Gasteiger partial charge in [0.2, 0.25) is 5.88 Å². The van der Waals surface area contributed by atoms with Gasteiger partial charge in [0.05, 0.1) is 28.4 Å². The second kappa shape index (κ2) is 15.7. The van der Waals surface area contributed by atoms with Crippen LogP contribution in [0.15, 0.2) is 30.3 Å². The van der Waals surface area contributed by atoms with Gasteiger partial charge in [-0.25, -0.2) is 13.8 Å². The number of hydrogen-bond donors (Lipinski definition) is 0. The number of ether oxygens (including phenoxy) is 4. The van der Waals surface area contributed by atoms with Crippen LogP contribution in [0, 0.1) is 23.2 Å². The standard InChI is InChI=1S/C44H57F2N5O4Si/c1-26(2)38-23-53-42-40-37(48-43(49-41(40)50(38)9)54-24-44-15-11-16-51(44)22-31(45)21-44)20-36(47-42)34-19-32(55-25-52-10)18-30-12-13-35(46)33(39(30)34)14-17-56(27(3)4,28(5)6)29(7)8/h12-13,18-20,26-29,31,38H,11,15-16,21-25H2,1-10H3/t31-,38-,44+/m1/s1. The Morgan fingerprint density at radius 3 is 2.43 bits per heavy atom. The Bertz CT molecular complexity index is 2150. The molecule has 0 saturated carbocycles. The summed E-state index contributed by atoms with van der Waals surface area (Å²) in [5.74, 6) is 4.86. The molecule has 0 N–H and O–H groups in total. The number of likely N-dealkylation sites (N-methyl/N-ethyl adjacent to an activating group) is 1. The van der Waals surface area contributed by atoms with Crippen molar-refractivity contribution < 1.29 is 27.7 Å². The van der Waals surface area contributed by atoms with Crippen molar-refractivity contribution in [3.63, 3.8) is 0 Å². The maximum absolute atomic E-state index is 16.3. The summed E-state index contributed by atoms with van der Waals surface area (Å²) in [5, 5.41) is 2.06. The smallest absolute Gasteiger partial charge is 0.319 e. The van der Waals surface area contributed by atoms with Crippen molar-refractivity contribution in [3.05, 3.63) is 41.7 Å². The lowest BCUT2D eigenvalue weighted by atomic mass is 9.95. The predicted octanol–water partition coefficient (Wildman–Crippen LogP) is 9.34. The fourth-order valence-electron chi connectivity index (χ4n) is 9.92. The first-order valence-electron chi connectivity index (χ1n) is 20.2. The largest absolute Gasteiger partial charge is 0.475 e. The fraction of sp³-hybridized carbons (Fsp3) is 0.568. The van der Waals surface area contributed by atoms with Gasteiger partial charge in [0.25, 0.3) is 0 Å². The molecule has 5 heterocycles. The molecule has 2 saturated heterocycles. The maximum Gasteiger partial charge on any atom is 0.319 e. The van der Waals surface area contributed by atoms with Crippen molar-refractivity contribution in [2.75, 3.05) is 52.2 Å². The summed E-state index contributed by atoms with van der Waals surface area (Å²) in [6, 6.07) is 9.09. The van der Waals surface area contributed by atoms with Crippen LogP contribution < -0.4 is 19.1 Å². The summed E-state index contributed by atoms with van der Waals surface area (Å²) >= 11 is 0. The normalized spacial score (nSPS) is 21.2. The molecule has 56 heavy (non-hydrogen) atoms. The minimum Gasteiger partial charge on any atom is -0.475 e. The fourth-order valence-corrected chi connectivity index (χ4v) is 15.1. The van der Waals surface area contributed by atoms with E-state index in [-0.39, 0.29) is 30.3 Å². The topological polar surface area (TPSA) is 82.1 Å². The Balaban J connectivity index is 1.44. The minimum absolute atomic E-state index is 0.0143. The molecule has 300 valence electrons. The van der Waals surface area contributed by atoms with Gasteiger partial charge in [-0.05, 0) is 71.6 Å². The number of halogens is 2. The molecular weight excluding hydrogens is 729 g/mol. The average molecular weight is 786 g/mol. The Hall–Kier alpha value is -4.05. The summed E-state index contributed by atoms with van der Waals surface area (Å²) in [7, 11) is 1.36. The summed E-state index contributed by atoms with van der Waals surface area (Å²) in [6.07, 6.45) is 1.46. The zero-order valence-electron chi connectivity index (χ0n) is 34.6. The van der Waals surface area contributed by atoms with Crippen molar-refractivity contribution >= 4 is 35.6 Å². The number of hydrogen-bond acceptors (Lipinski definition) is 9. The van der Waals surface area contributed by atoms with Gasteiger partial charge < -0.3 is 23.8 Å². The third kappa shape index (κ3) is 7.09. The molecule has 0 spiro atoms. The van der Waals surface area contributed by atoms with E-state index in [1.54, 1.807) is 13.2 Å². The molecular formula is C44H57F2N5O4Si. The molecule has 0 aliphatic carbocycles. The van der Waals surface area contributed by atoms with Crippen molar-refractivity contribution in [1.29, 1.82) is 0 Å². The maximum atomic E-state index is 16.3. The molecule has 7 rings (SSSR count). The lowest BCUT2D eigenvalue weighted by Crippen LogP contribution is -2.43. The summed E-state index contributed by atoms with van der Waals surface area (Å²) in [5.41, 5.74) is 6.57. The average Bonchev–Trinajstić information content (AvgIpc) is 3.63. The molecule has 3 aliphatic heterocycles. The van der Waals surface area contributed by atoms with Gasteiger partial charge >= 0.3 is 6.01 Å². The molecule has 0 unspecified atom stereocenters. The molecule has 9 nitrogen and oxygen atoms in total. The zero-order chi connectivity index (χ0) is 40.1. The van der Waals surface area contributed by atoms with Gasteiger partial charge in [-0.2, -0.15) is 9.97 Å². The monoisotopic (exact) mass is 785 g/mol. The van der Waals surface area contributed by atoms with Crippen LogP contribution in [0.4, 0.5) is 14.6 Å². The predicted molar refractivity (Wildman–Crippen MR) is 222 cm³/mol. The Labute approximate surface area is 331 Å². The van der Waals surface area contributed by atoms with E-state index in [2.05, 4.69) is 76.7 Å². The number of anilines is 1. The van der Waals surface area contributed by atoms with Crippen molar-refractivity contribution in [3.8, 4) is 40.4 Å². The number of benzene rings is 2. The SMILES string of the molecule is COCOc1cc(-c2cc3nc(OC[C@@]45CCCN4C[C@H](F)C5)nc4c3c(n2)OC[C@H](C(C)C)N4C)c2c(C#C[Si](C(C)C)(C(C)C)C(C)C)c(F)ccc2c1. The van der Waals surface area contributed by atoms with E-state index in [9.17, 15) is 4.39 Å². The van der Waals surface area contributed by atoms with Crippen LogP contribution in [-0.4, -0.2) is 92.9 Å². The molecule has 0 bridgehead atoms. The highest BCUT2D eigenvalue weighted by Crippen LogP contribution is 2.45. The van der Waals surface area contributed by atoms with E-state index >= 15 is 4.39 Å². The van der Waals surface area contributed by atoms with E-state index in [1.165, 1.54) is 6.07 Å². The van der Waals surface area contributed by atoms with Crippen LogP contribution in [0.3, 0.4) is 0 Å². The zero-order valence-corrected chi connectivity index (χ0v) is 35.6. The molecule has 4 aromatic rings. The lowest BCUT2D eigenvalue weighted by molar-refractivity contribution is 0.0512. The van der Waals surface area contributed by atoms with Crippen LogP contribution in [0.1, 0.15) is 80.2 Å². The molecule has 0 amide bonds. The van der Waals surface area contributed by atoms with Crippen molar-refractivity contribution in [2.45, 2.75) is 109 Å². The molecule has 12 heteroatoms. The molecule has 3 atom stereocenters. The highest BCUT2D eigenvalue weighted by atomic mass is 28.3. The first-order chi connectivity index (χ1) is 26.7. The van der Waals surface area contributed by atoms with Gasteiger partial charge in [0.15, 0.2) is 6.79 Å². The van der Waals surface area contributed by atoms with E-state index in [0.29, 0.717) is 93.4 Å². The molecule has 2 aromatic carbocycles. The molecule has 2 aromatic heterocycles. The number of methoxy groups -OCH3 is 1. The van der Waals surface area contributed by atoms with E-state index in [4.69, 9.17) is 33.9 Å². The third-order valence-corrected chi connectivity index (χ3v) is 19.0. The quantitative estimate of drug-likeness (QED) is 0.0840. The number of aromatic nitrogens is 3. The lowest BCUT2D eigenvalue weighted by Gasteiger charge is -2.38. The first-order valence-corrected chi connectivity index (χ1v) is 22.4. The second-order valence-corrected chi connectivity index (χ2v) is 22.9. The van der Waals surface area contributed by atoms with Gasteiger partial charge in [0, 0.05) is 38.1 Å². The van der Waals surface area contributed by atoms with Crippen molar-refractivity contribution in [2.24, 2.45) is 5.92 Å². The second-order valence-electron chi connectivity index (χ2n) is 17.3. The summed E-state index contributed by atoms with van der Waals surface area (Å²) in [4.78, 5) is 19.5. The third-order valence-electron chi connectivity index (χ3n) is 12.8. The number of nitrogens with zero attached hydrogens (tertiary/aromatic N) is 5. The first kappa shape index (κ1) is 40.2. The van der Waals surface area contributed by atoms with Gasteiger partial charge in [-0.3, -0.25) is 4.90 Å². The molecule has 2 fully saturated rings. The van der Waals surface area contributed by atoms with Gasteiger partial charge in [-0.1, -0.05) is 67.4 Å². The Morgan fingerprint density at radius 1 is 0.982 bits per heavy atom. The minimum atomic E-state index is -2.22. The summed E-state index contributed by atoms with van der Waals surface area (Å²) < 4.78 is 55.3. The van der Waals surface area contributed by atoms with Crippen LogP contribution in [0.2, 0.25) is 16.6 Å². The summed E-state index contributed by atoms with van der Waals surface area (Å²) in [6.45, 7) is 19.8. The number of alkyl halides is 1. The Kier molecular flexibility index (Phi) is 11.3. The van der Waals surface area contributed by atoms with Crippen LogP contribution in [0.25, 0.3) is 32.9 Å². The van der Waals surface area contributed by atoms with Gasteiger partial charge in [0.1, 0.15) is 50.2 Å². The van der Waals surface area contributed by atoms with Crippen LogP contribution in [0.5, 0.6) is 17.6 Å². The number of pyridine rings is 1. The van der Waals surface area contributed by atoms with Crippen LogP contribution >= 0.6 is 0 Å². The Morgan fingerprint density at radius 2 is 1.73 bits per heavy atom. The highest BCUT2D eigenvalue weighted by molar-refractivity contribution is 6.90. The van der Waals surface area contributed by atoms with E-state index in [1.807, 2.05) is 25.2 Å². The number of fused-ring (bicyclic) bond motifs is 2. The molecule has 3 aliphatic rings. The van der Waals surface area contributed by atoms with E-state index < -0.39 is 20.1 Å². The molecule has 0 radical (unpaired) electrons. The number of rotatable bonds is 11. The highest BCUT2D eigenvalue weighted by Gasteiger charge is 2.49. The van der Waals surface area contributed by atoms with E-state index in [0.717, 1.165) is 24.8 Å². The van der Waals surface area contributed by atoms with Crippen molar-refractivity contribution in [1.82, 2.24) is 19.9 Å². The van der Waals surface area contributed by atoms with Gasteiger partial charge in [-0.15, -0.1) is 5.54 Å².